The first-order valence-corrected chi connectivity index (χ1v) is 7.78. The van der Waals surface area contributed by atoms with Crippen molar-refractivity contribution in [2.24, 2.45) is 11.6 Å². The van der Waals surface area contributed by atoms with Gasteiger partial charge in [0.15, 0.2) is 0 Å². The summed E-state index contributed by atoms with van der Waals surface area (Å²) in [5.74, 6) is 6.25. The lowest BCUT2D eigenvalue weighted by Gasteiger charge is -2.24. The monoisotopic (exact) mass is 306 g/mol. The Labute approximate surface area is 126 Å². The number of carbonyl (C=O) groups excluding carboxylic acids is 1. The van der Waals surface area contributed by atoms with Crippen molar-refractivity contribution in [1.82, 2.24) is 9.97 Å². The lowest BCUT2D eigenvalue weighted by molar-refractivity contribution is -0.119. The van der Waals surface area contributed by atoms with Crippen molar-refractivity contribution in [2.75, 3.05) is 16.9 Å². The molecule has 21 heavy (non-hydrogen) atoms. The van der Waals surface area contributed by atoms with Gasteiger partial charge >= 0.3 is 0 Å². The summed E-state index contributed by atoms with van der Waals surface area (Å²) in [7, 11) is 0. The Morgan fingerprint density at radius 1 is 1.57 bits per heavy atom. The first-order chi connectivity index (χ1) is 10.1. The molecular weight excluding hydrogens is 288 g/mol. The largest absolute Gasteiger partial charge is 0.368 e. The second-order valence-corrected chi connectivity index (χ2v) is 6.17. The molecule has 1 unspecified atom stereocenters. The van der Waals surface area contributed by atoms with Crippen LogP contribution in [0, 0.1) is 0 Å². The average molecular weight is 306 g/mol. The molecule has 0 spiro atoms. The maximum absolute atomic E-state index is 11.6. The number of nitrogen functional groups attached to an aromatic ring is 1. The molecule has 7 nitrogen and oxygen atoms in total. The maximum atomic E-state index is 11.6. The summed E-state index contributed by atoms with van der Waals surface area (Å²) in [4.78, 5) is 24.6. The number of rotatable bonds is 4. The molecule has 0 bridgehead atoms. The van der Waals surface area contributed by atoms with Crippen LogP contribution in [-0.4, -0.2) is 28.5 Å². The Bertz CT molecular complexity index is 685. The first-order valence-electron chi connectivity index (χ1n) is 6.97. The predicted molar refractivity (Wildman–Crippen MR) is 84.2 cm³/mol. The highest BCUT2D eigenvalue weighted by molar-refractivity contribution is 7.18. The van der Waals surface area contributed by atoms with E-state index in [4.69, 9.17) is 11.6 Å². The average Bonchev–Trinajstić information content (AvgIpc) is 3.11. The van der Waals surface area contributed by atoms with Gasteiger partial charge in [-0.2, -0.15) is 4.98 Å². The van der Waals surface area contributed by atoms with E-state index in [1.54, 1.807) is 11.3 Å². The number of primary amides is 1. The van der Waals surface area contributed by atoms with Crippen LogP contribution in [0.3, 0.4) is 0 Å². The smallest absolute Gasteiger partial charge is 0.240 e. The lowest BCUT2D eigenvalue weighted by Crippen LogP contribution is -2.41. The molecule has 1 amide bonds. The van der Waals surface area contributed by atoms with E-state index in [-0.39, 0.29) is 11.9 Å². The number of nitrogens with two attached hydrogens (primary N) is 2. The van der Waals surface area contributed by atoms with Gasteiger partial charge < -0.3 is 10.6 Å². The predicted octanol–water partition coefficient (Wildman–Crippen LogP) is 0.993. The Balaban J connectivity index is 2.15. The second kappa shape index (κ2) is 5.45. The van der Waals surface area contributed by atoms with Gasteiger partial charge in [0.2, 0.25) is 11.9 Å². The van der Waals surface area contributed by atoms with Crippen LogP contribution in [-0.2, 0) is 11.2 Å². The third-order valence-corrected chi connectivity index (χ3v) is 4.93. The topological polar surface area (TPSA) is 110 Å². The number of amides is 1. The van der Waals surface area contributed by atoms with Crippen LogP contribution < -0.4 is 21.9 Å². The molecule has 1 fully saturated rings. The normalized spacial score (nSPS) is 18.4. The Morgan fingerprint density at radius 2 is 2.38 bits per heavy atom. The van der Waals surface area contributed by atoms with E-state index in [1.807, 2.05) is 4.90 Å². The van der Waals surface area contributed by atoms with Gasteiger partial charge in [0.05, 0.1) is 5.39 Å². The first kappa shape index (κ1) is 14.0. The van der Waals surface area contributed by atoms with Crippen molar-refractivity contribution in [3.63, 3.8) is 0 Å². The lowest BCUT2D eigenvalue weighted by atomic mass is 10.2. The highest BCUT2D eigenvalue weighted by Crippen LogP contribution is 2.35. The van der Waals surface area contributed by atoms with E-state index in [0.29, 0.717) is 5.95 Å². The fourth-order valence-electron chi connectivity index (χ4n) is 2.73. The minimum absolute atomic E-state index is 0.307. The number of nitrogens with one attached hydrogen (secondary N) is 1. The number of nitrogens with zero attached hydrogens (tertiary/aromatic N) is 3. The second-order valence-electron chi connectivity index (χ2n) is 5.05. The van der Waals surface area contributed by atoms with Crippen LogP contribution in [0.15, 0.2) is 6.07 Å². The molecule has 1 aliphatic rings. The van der Waals surface area contributed by atoms with E-state index >= 15 is 0 Å². The van der Waals surface area contributed by atoms with Gasteiger partial charge in [-0.15, -0.1) is 11.3 Å². The molecular formula is C13H18N6OS. The molecule has 1 saturated heterocycles. The van der Waals surface area contributed by atoms with Crippen LogP contribution >= 0.6 is 11.3 Å². The summed E-state index contributed by atoms with van der Waals surface area (Å²) in [6.45, 7) is 2.86. The van der Waals surface area contributed by atoms with Crippen LogP contribution in [0.2, 0.25) is 0 Å². The third kappa shape index (κ3) is 2.40. The van der Waals surface area contributed by atoms with Crippen molar-refractivity contribution >= 4 is 39.2 Å². The van der Waals surface area contributed by atoms with Crippen molar-refractivity contribution in [3.05, 3.63) is 10.9 Å². The fraction of sp³-hybridized carbons (Fsp3) is 0.462. The van der Waals surface area contributed by atoms with Gasteiger partial charge in [0.25, 0.3) is 0 Å². The maximum Gasteiger partial charge on any atom is 0.240 e. The number of hydrogen-bond acceptors (Lipinski definition) is 7. The molecule has 0 aromatic carbocycles. The Kier molecular flexibility index (Phi) is 3.64. The molecule has 1 atom stereocenters. The van der Waals surface area contributed by atoms with Crippen LogP contribution in [0.25, 0.3) is 10.2 Å². The SMILES string of the molecule is CCc1cc2c(N3CCCC3C(N)=O)nc(NN)nc2s1. The number of fused-ring (bicyclic) bond motifs is 1. The summed E-state index contributed by atoms with van der Waals surface area (Å²) in [6, 6.07) is 1.78. The molecule has 0 aliphatic carbocycles. The Morgan fingerprint density at radius 3 is 3.05 bits per heavy atom. The summed E-state index contributed by atoms with van der Waals surface area (Å²) in [6.07, 6.45) is 2.62. The Hall–Kier alpha value is -1.93. The third-order valence-electron chi connectivity index (χ3n) is 3.75. The van der Waals surface area contributed by atoms with E-state index in [2.05, 4.69) is 28.4 Å². The summed E-state index contributed by atoms with van der Waals surface area (Å²) in [5, 5.41) is 0.962. The summed E-state index contributed by atoms with van der Waals surface area (Å²) in [5.41, 5.74) is 8.01. The number of thiophene rings is 1. The van der Waals surface area contributed by atoms with Gasteiger partial charge in [-0.25, -0.2) is 10.8 Å². The van der Waals surface area contributed by atoms with E-state index in [9.17, 15) is 4.79 Å². The zero-order valence-electron chi connectivity index (χ0n) is 11.8. The molecule has 2 aromatic heterocycles. The highest BCUT2D eigenvalue weighted by Gasteiger charge is 2.31. The van der Waals surface area contributed by atoms with Crippen molar-refractivity contribution in [3.8, 4) is 0 Å². The number of aryl methyl sites for hydroxylation is 1. The molecule has 8 heteroatoms. The molecule has 3 rings (SSSR count). The van der Waals surface area contributed by atoms with Crippen molar-refractivity contribution in [2.45, 2.75) is 32.2 Å². The summed E-state index contributed by atoms with van der Waals surface area (Å²) < 4.78 is 0. The van der Waals surface area contributed by atoms with Crippen molar-refractivity contribution < 1.29 is 4.79 Å². The van der Waals surface area contributed by atoms with Crippen LogP contribution in [0.1, 0.15) is 24.6 Å². The van der Waals surface area contributed by atoms with E-state index in [0.717, 1.165) is 41.8 Å². The van der Waals surface area contributed by atoms with Gasteiger partial charge in [0, 0.05) is 11.4 Å². The molecule has 5 N–H and O–H groups in total. The molecule has 112 valence electrons. The van der Waals surface area contributed by atoms with E-state index < -0.39 is 0 Å². The molecule has 2 aromatic rings. The molecule has 0 radical (unpaired) electrons. The highest BCUT2D eigenvalue weighted by atomic mass is 32.1. The quantitative estimate of drug-likeness (QED) is 0.574. The van der Waals surface area contributed by atoms with Crippen LogP contribution in [0.5, 0.6) is 0 Å². The number of hydrogen-bond donors (Lipinski definition) is 3. The van der Waals surface area contributed by atoms with Crippen LogP contribution in [0.4, 0.5) is 11.8 Å². The molecule has 1 aliphatic heterocycles. The molecule has 3 heterocycles. The standard InChI is InChI=1S/C13H18N6OS/c1-2-7-6-8-11(16-13(18-15)17-12(8)21-7)19-5-3-4-9(19)10(14)20/h6,9H,2-5,15H2,1H3,(H2,14,20)(H,16,17,18). The zero-order chi connectivity index (χ0) is 15.0. The molecule has 0 saturated carbocycles. The van der Waals surface area contributed by atoms with Gasteiger partial charge in [-0.05, 0) is 25.3 Å². The van der Waals surface area contributed by atoms with Gasteiger partial charge in [-0.1, -0.05) is 6.92 Å². The minimum Gasteiger partial charge on any atom is -0.368 e. The van der Waals surface area contributed by atoms with E-state index in [1.165, 1.54) is 4.88 Å². The van der Waals surface area contributed by atoms with Gasteiger partial charge in [-0.3, -0.25) is 10.2 Å². The summed E-state index contributed by atoms with van der Waals surface area (Å²) >= 11 is 1.62. The fourth-order valence-corrected chi connectivity index (χ4v) is 3.69. The zero-order valence-corrected chi connectivity index (χ0v) is 12.6. The van der Waals surface area contributed by atoms with Gasteiger partial charge in [0.1, 0.15) is 16.7 Å². The number of anilines is 2. The number of hydrazine groups is 1. The number of carbonyl (C=O) groups is 1. The minimum atomic E-state index is -0.313. The number of aromatic nitrogens is 2. The van der Waals surface area contributed by atoms with Crippen molar-refractivity contribution in [1.29, 1.82) is 0 Å².